The zero-order valence-corrected chi connectivity index (χ0v) is 17.1. The SMILES string of the molecule is Cc1ccsc1/C=c1\s/c(=C(/C#N)C(=O)NC2CC2)n(-c2ccc(F)cc2)c1=O. The number of aromatic nitrogens is 1. The van der Waals surface area contributed by atoms with Gasteiger partial charge in [0.1, 0.15) is 16.5 Å². The van der Waals surface area contributed by atoms with E-state index in [1.165, 1.54) is 40.2 Å². The summed E-state index contributed by atoms with van der Waals surface area (Å²) in [7, 11) is 0. The van der Waals surface area contributed by atoms with Crippen LogP contribution in [0, 0.1) is 24.1 Å². The second kappa shape index (κ2) is 7.78. The number of thiophene rings is 1. The number of halogens is 1. The molecule has 1 amide bonds. The molecule has 1 aliphatic rings. The Hall–Kier alpha value is -3.02. The van der Waals surface area contributed by atoms with Crippen molar-refractivity contribution in [2.24, 2.45) is 0 Å². The van der Waals surface area contributed by atoms with Crippen LogP contribution in [-0.2, 0) is 4.79 Å². The minimum absolute atomic E-state index is 0.0802. The van der Waals surface area contributed by atoms with Crippen molar-refractivity contribution >= 4 is 40.2 Å². The van der Waals surface area contributed by atoms with E-state index in [2.05, 4.69) is 5.32 Å². The normalized spacial score (nSPS) is 15.1. The van der Waals surface area contributed by atoms with Gasteiger partial charge in [0, 0.05) is 10.9 Å². The first-order chi connectivity index (χ1) is 14.0. The molecule has 8 heteroatoms. The van der Waals surface area contributed by atoms with E-state index in [4.69, 9.17) is 0 Å². The van der Waals surface area contributed by atoms with Crippen molar-refractivity contribution in [1.82, 2.24) is 9.88 Å². The summed E-state index contributed by atoms with van der Waals surface area (Å²) in [6.07, 6.45) is 3.54. The number of nitriles is 1. The lowest BCUT2D eigenvalue weighted by atomic mass is 10.2. The van der Waals surface area contributed by atoms with E-state index in [1.54, 1.807) is 6.08 Å². The van der Waals surface area contributed by atoms with Crippen LogP contribution in [0.4, 0.5) is 4.39 Å². The smallest absolute Gasteiger partial charge is 0.273 e. The van der Waals surface area contributed by atoms with Crippen molar-refractivity contribution in [2.45, 2.75) is 25.8 Å². The number of nitrogens with one attached hydrogen (secondary N) is 1. The van der Waals surface area contributed by atoms with Gasteiger partial charge in [-0.3, -0.25) is 14.2 Å². The highest BCUT2D eigenvalue weighted by atomic mass is 32.1. The molecule has 1 N–H and O–H groups in total. The summed E-state index contributed by atoms with van der Waals surface area (Å²) in [6, 6.07) is 9.39. The van der Waals surface area contributed by atoms with Crippen molar-refractivity contribution in [2.75, 3.05) is 0 Å². The second-order valence-electron chi connectivity index (χ2n) is 6.74. The summed E-state index contributed by atoms with van der Waals surface area (Å²) >= 11 is 2.59. The number of amides is 1. The van der Waals surface area contributed by atoms with Crippen LogP contribution in [0.1, 0.15) is 23.3 Å². The predicted molar refractivity (Wildman–Crippen MR) is 112 cm³/mol. The molecule has 0 bridgehead atoms. The Labute approximate surface area is 173 Å². The molecule has 146 valence electrons. The molecule has 1 aliphatic carbocycles. The first-order valence-corrected chi connectivity index (χ1v) is 10.7. The summed E-state index contributed by atoms with van der Waals surface area (Å²) in [6.45, 7) is 1.95. The third kappa shape index (κ3) is 3.92. The van der Waals surface area contributed by atoms with Gasteiger partial charge in [0.25, 0.3) is 11.5 Å². The van der Waals surface area contributed by atoms with Crippen LogP contribution >= 0.6 is 22.7 Å². The third-order valence-corrected chi connectivity index (χ3v) is 6.60. The molecule has 3 aromatic rings. The quantitative estimate of drug-likeness (QED) is 0.696. The third-order valence-electron chi connectivity index (χ3n) is 4.54. The number of benzene rings is 1. The van der Waals surface area contributed by atoms with Gasteiger partial charge in [0.15, 0.2) is 5.57 Å². The van der Waals surface area contributed by atoms with Gasteiger partial charge in [-0.25, -0.2) is 4.39 Å². The molecule has 4 rings (SSSR count). The Bertz CT molecular complexity index is 1310. The number of carbonyl (C=O) groups excluding carboxylic acids is 1. The first kappa shape index (κ1) is 19.3. The van der Waals surface area contributed by atoms with Gasteiger partial charge in [0.2, 0.25) is 0 Å². The van der Waals surface area contributed by atoms with Crippen molar-refractivity contribution in [3.63, 3.8) is 0 Å². The average Bonchev–Trinajstić information content (AvgIpc) is 3.34. The van der Waals surface area contributed by atoms with Crippen molar-refractivity contribution in [3.8, 4) is 11.8 Å². The minimum Gasteiger partial charge on any atom is -0.349 e. The lowest BCUT2D eigenvalue weighted by molar-refractivity contribution is -0.115. The van der Waals surface area contributed by atoms with Crippen LogP contribution in [0.2, 0.25) is 0 Å². The predicted octanol–water partition coefficient (Wildman–Crippen LogP) is 2.19. The number of rotatable bonds is 4. The van der Waals surface area contributed by atoms with E-state index >= 15 is 0 Å². The summed E-state index contributed by atoms with van der Waals surface area (Å²) in [4.78, 5) is 26.7. The lowest BCUT2D eigenvalue weighted by Crippen LogP contribution is -2.34. The van der Waals surface area contributed by atoms with Crippen LogP contribution in [0.25, 0.3) is 17.3 Å². The molecule has 0 radical (unpaired) electrons. The molecule has 0 atom stereocenters. The van der Waals surface area contributed by atoms with Crippen LogP contribution in [-0.4, -0.2) is 16.5 Å². The van der Waals surface area contributed by atoms with Crippen LogP contribution in [0.5, 0.6) is 0 Å². The number of aryl methyl sites for hydroxylation is 1. The van der Waals surface area contributed by atoms with Crippen LogP contribution in [0.15, 0.2) is 40.5 Å². The maximum Gasteiger partial charge on any atom is 0.273 e. The van der Waals surface area contributed by atoms with Crippen LogP contribution in [0.3, 0.4) is 0 Å². The minimum atomic E-state index is -0.494. The molecule has 2 aromatic heterocycles. The van der Waals surface area contributed by atoms with E-state index in [1.807, 2.05) is 24.4 Å². The Morgan fingerprint density at radius 1 is 1.31 bits per heavy atom. The zero-order valence-electron chi connectivity index (χ0n) is 15.4. The van der Waals surface area contributed by atoms with Gasteiger partial charge in [-0.15, -0.1) is 22.7 Å². The number of thiazole rings is 1. The Morgan fingerprint density at radius 3 is 2.62 bits per heavy atom. The second-order valence-corrected chi connectivity index (χ2v) is 8.71. The number of carbonyl (C=O) groups is 1. The van der Waals surface area contributed by atoms with Gasteiger partial charge in [-0.2, -0.15) is 5.26 Å². The van der Waals surface area contributed by atoms with Crippen LogP contribution < -0.4 is 20.1 Å². The molecule has 0 unspecified atom stereocenters. The van der Waals surface area contributed by atoms with Crippen molar-refractivity contribution < 1.29 is 9.18 Å². The molecule has 1 fully saturated rings. The van der Waals surface area contributed by atoms with Gasteiger partial charge < -0.3 is 5.32 Å². The highest BCUT2D eigenvalue weighted by Crippen LogP contribution is 2.19. The van der Waals surface area contributed by atoms with Gasteiger partial charge in [-0.1, -0.05) is 0 Å². The van der Waals surface area contributed by atoms with Gasteiger partial charge in [0.05, 0.1) is 10.2 Å². The van der Waals surface area contributed by atoms with E-state index in [0.29, 0.717) is 10.2 Å². The first-order valence-electron chi connectivity index (χ1n) is 8.97. The Balaban J connectivity index is 2.00. The maximum absolute atomic E-state index is 13.4. The molecule has 1 aromatic carbocycles. The summed E-state index contributed by atoms with van der Waals surface area (Å²) in [5.41, 5.74) is 0.966. The van der Waals surface area contributed by atoms with E-state index in [-0.39, 0.29) is 21.8 Å². The molecule has 5 nitrogen and oxygen atoms in total. The Morgan fingerprint density at radius 2 is 2.03 bits per heavy atom. The molecule has 0 spiro atoms. The van der Waals surface area contributed by atoms with E-state index in [0.717, 1.165) is 34.6 Å². The maximum atomic E-state index is 13.4. The molecule has 0 saturated heterocycles. The molecular weight excluding hydrogens is 409 g/mol. The average molecular weight is 426 g/mol. The highest BCUT2D eigenvalue weighted by Gasteiger charge is 2.26. The number of nitrogens with zero attached hydrogens (tertiary/aromatic N) is 2. The fraction of sp³-hybridized carbons (Fsp3) is 0.190. The molecule has 29 heavy (non-hydrogen) atoms. The van der Waals surface area contributed by atoms with Gasteiger partial charge >= 0.3 is 0 Å². The van der Waals surface area contributed by atoms with Gasteiger partial charge in [-0.05, 0) is 67.1 Å². The summed E-state index contributed by atoms with van der Waals surface area (Å²) < 4.78 is 15.3. The van der Waals surface area contributed by atoms with Crippen molar-refractivity contribution in [1.29, 1.82) is 5.26 Å². The molecule has 1 saturated carbocycles. The topological polar surface area (TPSA) is 74.9 Å². The Kier molecular flexibility index (Phi) is 5.18. The number of hydrogen-bond donors (Lipinski definition) is 1. The summed E-state index contributed by atoms with van der Waals surface area (Å²) in [5.74, 6) is -0.929. The lowest BCUT2D eigenvalue weighted by Gasteiger charge is -2.04. The number of hydrogen-bond acceptors (Lipinski definition) is 5. The van der Waals surface area contributed by atoms with Crippen molar-refractivity contribution in [3.05, 3.63) is 71.5 Å². The van der Waals surface area contributed by atoms with E-state index < -0.39 is 11.7 Å². The highest BCUT2D eigenvalue weighted by molar-refractivity contribution is 7.11. The summed E-state index contributed by atoms with van der Waals surface area (Å²) in [5, 5.41) is 14.4. The zero-order chi connectivity index (χ0) is 20.5. The fourth-order valence-electron chi connectivity index (χ4n) is 2.81. The monoisotopic (exact) mass is 425 g/mol. The molecular formula is C21H16FN3O2S2. The fourth-order valence-corrected chi connectivity index (χ4v) is 4.82. The standard InChI is InChI=1S/C21H16FN3O2S2/c1-12-8-9-28-17(12)10-18-20(27)25(15-6-2-13(22)3-7-15)21(29-18)16(11-23)19(26)24-14-4-5-14/h2-3,6-10,14H,4-5H2,1H3,(H,24,26)/b18-10-,21-16-. The molecule has 0 aliphatic heterocycles. The molecule has 2 heterocycles. The largest absolute Gasteiger partial charge is 0.349 e. The van der Waals surface area contributed by atoms with E-state index in [9.17, 15) is 19.2 Å².